The smallest absolute Gasteiger partial charge is 0.417 e. The molecule has 1 atom stereocenters. The number of carboxylic acids is 1. The zero-order valence-corrected chi connectivity index (χ0v) is 13.0. The average molecular weight is 354 g/mol. The molecule has 1 aromatic rings. The van der Waals surface area contributed by atoms with Crippen molar-refractivity contribution in [2.75, 3.05) is 5.32 Å². The summed E-state index contributed by atoms with van der Waals surface area (Å²) < 4.78 is 61.5. The molecule has 0 aliphatic heterocycles. The van der Waals surface area contributed by atoms with E-state index in [1.165, 1.54) is 0 Å². The van der Waals surface area contributed by atoms with Crippen molar-refractivity contribution < 1.29 is 31.5 Å². The van der Waals surface area contributed by atoms with Crippen molar-refractivity contribution >= 4 is 21.7 Å². The quantitative estimate of drug-likeness (QED) is 0.696. The highest BCUT2D eigenvalue weighted by atomic mass is 32.2. The zero-order chi connectivity index (χ0) is 17.8. The van der Waals surface area contributed by atoms with Gasteiger partial charge in [0, 0.05) is 5.69 Å². The topological polar surface area (TPSA) is 109 Å². The van der Waals surface area contributed by atoms with E-state index in [9.17, 15) is 26.4 Å². The Morgan fingerprint density at radius 1 is 1.39 bits per heavy atom. The number of alkyl halides is 3. The van der Waals surface area contributed by atoms with Gasteiger partial charge in [0.05, 0.1) is 10.5 Å². The average Bonchev–Trinajstić information content (AvgIpc) is 2.40. The molecule has 1 rings (SSSR count). The summed E-state index contributed by atoms with van der Waals surface area (Å²) in [6.45, 7) is 1.85. The number of sulfonamides is 1. The minimum absolute atomic E-state index is 0.145. The maximum Gasteiger partial charge on any atom is 0.417 e. The van der Waals surface area contributed by atoms with E-state index in [1.807, 2.05) is 6.92 Å². The molecule has 4 N–H and O–H groups in total. The number of hydrogen-bond donors (Lipinski definition) is 3. The Kier molecular flexibility index (Phi) is 6.00. The number of primary sulfonamides is 1. The van der Waals surface area contributed by atoms with Gasteiger partial charge in [0.2, 0.25) is 10.0 Å². The van der Waals surface area contributed by atoms with Crippen LogP contribution in [0, 0.1) is 0 Å². The van der Waals surface area contributed by atoms with Gasteiger partial charge in [-0.15, -0.1) is 0 Å². The second-order valence-electron chi connectivity index (χ2n) is 4.93. The van der Waals surface area contributed by atoms with Gasteiger partial charge in [-0.05, 0) is 24.6 Å². The molecule has 1 aromatic carbocycles. The Hall–Kier alpha value is -1.81. The molecule has 0 bridgehead atoms. The molecule has 23 heavy (non-hydrogen) atoms. The second kappa shape index (κ2) is 7.18. The molecule has 0 saturated heterocycles. The van der Waals surface area contributed by atoms with Crippen LogP contribution in [-0.4, -0.2) is 25.5 Å². The predicted molar refractivity (Wildman–Crippen MR) is 77.4 cm³/mol. The van der Waals surface area contributed by atoms with E-state index in [2.05, 4.69) is 5.32 Å². The van der Waals surface area contributed by atoms with Crippen LogP contribution in [0.5, 0.6) is 0 Å². The molecule has 0 aliphatic carbocycles. The highest BCUT2D eigenvalue weighted by molar-refractivity contribution is 7.89. The van der Waals surface area contributed by atoms with Crippen molar-refractivity contribution in [1.29, 1.82) is 0 Å². The van der Waals surface area contributed by atoms with Gasteiger partial charge in [0.25, 0.3) is 0 Å². The number of carboxylic acid groups (broad SMARTS) is 1. The Labute approximate surface area is 131 Å². The fourth-order valence-electron chi connectivity index (χ4n) is 1.96. The normalized spacial score (nSPS) is 13.6. The van der Waals surface area contributed by atoms with Gasteiger partial charge in [-0.1, -0.05) is 19.8 Å². The minimum Gasteiger partial charge on any atom is -0.480 e. The lowest BCUT2D eigenvalue weighted by Gasteiger charge is -2.18. The molecular formula is C13H17F3N2O4S. The molecule has 10 heteroatoms. The number of aliphatic carboxylic acids is 1. The Balaban J connectivity index is 3.22. The van der Waals surface area contributed by atoms with Crippen LogP contribution in [0.25, 0.3) is 0 Å². The van der Waals surface area contributed by atoms with Gasteiger partial charge >= 0.3 is 12.1 Å². The molecule has 6 nitrogen and oxygen atoms in total. The van der Waals surface area contributed by atoms with Crippen molar-refractivity contribution in [2.45, 2.75) is 43.3 Å². The van der Waals surface area contributed by atoms with Crippen LogP contribution >= 0.6 is 0 Å². The highest BCUT2D eigenvalue weighted by Gasteiger charge is 2.36. The molecule has 0 aromatic heterocycles. The van der Waals surface area contributed by atoms with Crippen LogP contribution in [0.2, 0.25) is 0 Å². The maximum absolute atomic E-state index is 13.0. The summed E-state index contributed by atoms with van der Waals surface area (Å²) in [6.07, 6.45) is -3.42. The van der Waals surface area contributed by atoms with Crippen molar-refractivity contribution in [3.8, 4) is 0 Å². The first-order valence-electron chi connectivity index (χ1n) is 6.70. The van der Waals surface area contributed by atoms with E-state index >= 15 is 0 Å². The minimum atomic E-state index is -4.94. The molecule has 0 saturated carbocycles. The summed E-state index contributed by atoms with van der Waals surface area (Å²) in [5, 5.41) is 16.3. The first-order chi connectivity index (χ1) is 10.5. The SMILES string of the molecule is CCCC[C@H](Nc1ccc(S(N)(=O)=O)c(C(F)(F)F)c1)C(=O)O. The largest absolute Gasteiger partial charge is 0.480 e. The van der Waals surface area contributed by atoms with Crippen LogP contribution in [0.3, 0.4) is 0 Å². The van der Waals surface area contributed by atoms with Crippen LogP contribution in [0.15, 0.2) is 23.1 Å². The van der Waals surface area contributed by atoms with Gasteiger partial charge in [0.1, 0.15) is 6.04 Å². The van der Waals surface area contributed by atoms with Gasteiger partial charge in [-0.3, -0.25) is 0 Å². The lowest BCUT2D eigenvalue weighted by atomic mass is 10.1. The molecule has 0 aliphatic rings. The van der Waals surface area contributed by atoms with E-state index in [0.29, 0.717) is 18.6 Å². The molecule has 0 fully saturated rings. The standard InChI is InChI=1S/C13H17F3N2O4S/c1-2-3-4-10(12(19)20)18-8-5-6-11(23(17,21)22)9(7-8)13(14,15)16/h5-7,10,18H,2-4H2,1H3,(H,19,20)(H2,17,21,22)/t10-/m0/s1. The fourth-order valence-corrected chi connectivity index (χ4v) is 2.70. The van der Waals surface area contributed by atoms with Gasteiger partial charge in [-0.2, -0.15) is 13.2 Å². The predicted octanol–water partition coefficient (Wildman–Crippen LogP) is 2.41. The van der Waals surface area contributed by atoms with Crippen LogP contribution in [0.4, 0.5) is 18.9 Å². The maximum atomic E-state index is 13.0. The Bertz CT molecular complexity index is 674. The third-order valence-corrected chi connectivity index (χ3v) is 4.05. The summed E-state index contributed by atoms with van der Waals surface area (Å²) in [5.74, 6) is -1.21. The third kappa shape index (κ3) is 5.39. The molecule has 130 valence electrons. The van der Waals surface area contributed by atoms with E-state index in [1.54, 1.807) is 0 Å². The molecule has 0 heterocycles. The van der Waals surface area contributed by atoms with Gasteiger partial charge < -0.3 is 10.4 Å². The Morgan fingerprint density at radius 3 is 2.43 bits per heavy atom. The number of nitrogens with one attached hydrogen (secondary N) is 1. The first-order valence-corrected chi connectivity index (χ1v) is 8.24. The van der Waals surface area contributed by atoms with Crippen molar-refractivity contribution in [3.63, 3.8) is 0 Å². The fraction of sp³-hybridized carbons (Fsp3) is 0.462. The summed E-state index contributed by atoms with van der Waals surface area (Å²) in [5.41, 5.74) is -1.59. The van der Waals surface area contributed by atoms with Crippen LogP contribution < -0.4 is 10.5 Å². The number of rotatable bonds is 7. The Morgan fingerprint density at radius 2 is 2.00 bits per heavy atom. The number of carbonyl (C=O) groups is 1. The van der Waals surface area contributed by atoms with Crippen molar-refractivity contribution in [1.82, 2.24) is 0 Å². The van der Waals surface area contributed by atoms with E-state index < -0.39 is 38.7 Å². The summed E-state index contributed by atoms with van der Waals surface area (Å²) in [7, 11) is -4.56. The summed E-state index contributed by atoms with van der Waals surface area (Å²) in [4.78, 5) is 10.1. The lowest BCUT2D eigenvalue weighted by Crippen LogP contribution is -2.29. The number of halogens is 3. The molecule has 0 unspecified atom stereocenters. The van der Waals surface area contributed by atoms with Crippen molar-refractivity contribution in [3.05, 3.63) is 23.8 Å². The molecule has 0 radical (unpaired) electrons. The molecule has 0 amide bonds. The number of benzene rings is 1. The first kappa shape index (κ1) is 19.2. The van der Waals surface area contributed by atoms with Gasteiger partial charge in [-0.25, -0.2) is 18.4 Å². The highest BCUT2D eigenvalue weighted by Crippen LogP contribution is 2.35. The second-order valence-corrected chi connectivity index (χ2v) is 6.46. The number of hydrogen-bond acceptors (Lipinski definition) is 4. The lowest BCUT2D eigenvalue weighted by molar-refractivity contribution is -0.140. The number of unbranched alkanes of at least 4 members (excludes halogenated alkanes) is 1. The summed E-state index contributed by atoms with van der Waals surface area (Å²) >= 11 is 0. The van der Waals surface area contributed by atoms with Gasteiger partial charge in [0.15, 0.2) is 0 Å². The number of nitrogens with two attached hydrogens (primary N) is 1. The van der Waals surface area contributed by atoms with Crippen molar-refractivity contribution in [2.24, 2.45) is 5.14 Å². The van der Waals surface area contributed by atoms with E-state index in [4.69, 9.17) is 10.2 Å². The molecular weight excluding hydrogens is 337 g/mol. The monoisotopic (exact) mass is 354 g/mol. The number of anilines is 1. The van der Waals surface area contributed by atoms with Crippen LogP contribution in [-0.2, 0) is 21.0 Å². The van der Waals surface area contributed by atoms with E-state index in [0.717, 1.165) is 12.5 Å². The van der Waals surface area contributed by atoms with Crippen LogP contribution in [0.1, 0.15) is 31.7 Å². The third-order valence-electron chi connectivity index (χ3n) is 3.08. The van der Waals surface area contributed by atoms with E-state index in [-0.39, 0.29) is 12.1 Å². The zero-order valence-electron chi connectivity index (χ0n) is 12.2. The molecule has 0 spiro atoms. The summed E-state index contributed by atoms with van der Waals surface area (Å²) in [6, 6.07) is 1.23.